The largest absolute Gasteiger partial charge is 0.473 e. The SMILES string of the molecule is Cc1cc(O[C@@H]2CCCN(S(=O)(=O)c3ccc(Br)s3)C2)nc(C)n1. The van der Waals surface area contributed by atoms with Crippen LogP contribution in [0.2, 0.25) is 0 Å². The van der Waals surface area contributed by atoms with Gasteiger partial charge >= 0.3 is 0 Å². The number of sulfonamides is 1. The first-order valence-corrected chi connectivity index (χ1v) is 10.6. The first kappa shape index (κ1) is 17.8. The molecule has 9 heteroatoms. The van der Waals surface area contributed by atoms with E-state index in [1.54, 1.807) is 18.2 Å². The second-order valence-electron chi connectivity index (χ2n) is 5.70. The smallest absolute Gasteiger partial charge is 0.252 e. The van der Waals surface area contributed by atoms with E-state index >= 15 is 0 Å². The van der Waals surface area contributed by atoms with Gasteiger partial charge in [-0.05, 0) is 54.8 Å². The molecule has 0 aliphatic carbocycles. The highest BCUT2D eigenvalue weighted by molar-refractivity contribution is 9.11. The summed E-state index contributed by atoms with van der Waals surface area (Å²) in [5, 5.41) is 0. The van der Waals surface area contributed by atoms with Crippen molar-refractivity contribution in [3.8, 4) is 5.88 Å². The lowest BCUT2D eigenvalue weighted by atomic mass is 10.1. The van der Waals surface area contributed by atoms with E-state index < -0.39 is 10.0 Å². The van der Waals surface area contributed by atoms with E-state index in [0.717, 1.165) is 22.3 Å². The molecule has 1 aliphatic rings. The number of thiophene rings is 1. The summed E-state index contributed by atoms with van der Waals surface area (Å²) < 4.78 is 34.1. The van der Waals surface area contributed by atoms with Crippen molar-refractivity contribution in [2.75, 3.05) is 13.1 Å². The average Bonchev–Trinajstić information content (AvgIpc) is 2.94. The average molecular weight is 432 g/mol. The molecule has 0 unspecified atom stereocenters. The molecule has 6 nitrogen and oxygen atoms in total. The second-order valence-corrected chi connectivity index (χ2v) is 10.3. The number of nitrogens with zero attached hydrogens (tertiary/aromatic N) is 3. The number of rotatable bonds is 4. The molecular weight excluding hydrogens is 414 g/mol. The molecule has 1 fully saturated rings. The van der Waals surface area contributed by atoms with Gasteiger partial charge in [0, 0.05) is 18.3 Å². The van der Waals surface area contributed by atoms with Crippen LogP contribution in [0.4, 0.5) is 0 Å². The van der Waals surface area contributed by atoms with Gasteiger partial charge in [0.1, 0.15) is 16.1 Å². The van der Waals surface area contributed by atoms with E-state index in [1.165, 1.54) is 15.6 Å². The summed E-state index contributed by atoms with van der Waals surface area (Å²) >= 11 is 4.54. The molecule has 1 atom stereocenters. The van der Waals surface area contributed by atoms with Crippen molar-refractivity contribution < 1.29 is 13.2 Å². The Morgan fingerprint density at radius 3 is 2.79 bits per heavy atom. The van der Waals surface area contributed by atoms with Crippen molar-refractivity contribution in [3.63, 3.8) is 0 Å². The molecule has 2 aromatic heterocycles. The molecule has 0 N–H and O–H groups in total. The Morgan fingerprint density at radius 2 is 2.12 bits per heavy atom. The van der Waals surface area contributed by atoms with Gasteiger partial charge in [-0.3, -0.25) is 0 Å². The minimum Gasteiger partial charge on any atom is -0.473 e. The van der Waals surface area contributed by atoms with Gasteiger partial charge in [0.2, 0.25) is 5.88 Å². The maximum absolute atomic E-state index is 12.7. The summed E-state index contributed by atoms with van der Waals surface area (Å²) in [6, 6.07) is 5.16. The minimum absolute atomic E-state index is 0.203. The molecule has 0 bridgehead atoms. The molecule has 0 aromatic carbocycles. The van der Waals surface area contributed by atoms with Crippen LogP contribution in [0.25, 0.3) is 0 Å². The van der Waals surface area contributed by atoms with Crippen LogP contribution in [0, 0.1) is 13.8 Å². The zero-order valence-electron chi connectivity index (χ0n) is 13.4. The van der Waals surface area contributed by atoms with Crippen LogP contribution >= 0.6 is 27.3 Å². The van der Waals surface area contributed by atoms with Crippen LogP contribution in [-0.2, 0) is 10.0 Å². The topological polar surface area (TPSA) is 72.4 Å². The lowest BCUT2D eigenvalue weighted by Crippen LogP contribution is -2.44. The normalized spacial score (nSPS) is 19.4. The molecule has 3 heterocycles. The molecule has 1 aliphatic heterocycles. The summed E-state index contributed by atoms with van der Waals surface area (Å²) in [4.78, 5) is 8.49. The monoisotopic (exact) mass is 431 g/mol. The molecule has 0 saturated carbocycles. The van der Waals surface area contributed by atoms with Crippen molar-refractivity contribution in [2.45, 2.75) is 37.0 Å². The Bertz CT molecular complexity index is 818. The number of halogens is 1. The van der Waals surface area contributed by atoms with Crippen molar-refractivity contribution in [1.82, 2.24) is 14.3 Å². The van der Waals surface area contributed by atoms with Crippen LogP contribution in [0.3, 0.4) is 0 Å². The highest BCUT2D eigenvalue weighted by Gasteiger charge is 2.32. The molecule has 1 saturated heterocycles. The fraction of sp³-hybridized carbons (Fsp3) is 0.467. The van der Waals surface area contributed by atoms with Crippen LogP contribution in [0.15, 0.2) is 26.2 Å². The van der Waals surface area contributed by atoms with Crippen molar-refractivity contribution in [2.24, 2.45) is 0 Å². The van der Waals surface area contributed by atoms with E-state index in [4.69, 9.17) is 4.74 Å². The van der Waals surface area contributed by atoms with E-state index in [1.807, 2.05) is 13.8 Å². The van der Waals surface area contributed by atoms with Gasteiger partial charge in [-0.1, -0.05) is 0 Å². The lowest BCUT2D eigenvalue weighted by molar-refractivity contribution is 0.124. The predicted molar refractivity (Wildman–Crippen MR) is 95.9 cm³/mol. The zero-order valence-corrected chi connectivity index (χ0v) is 16.6. The zero-order chi connectivity index (χ0) is 17.3. The highest BCUT2D eigenvalue weighted by atomic mass is 79.9. The maximum Gasteiger partial charge on any atom is 0.252 e. The Morgan fingerprint density at radius 1 is 1.33 bits per heavy atom. The fourth-order valence-corrected chi connectivity index (χ4v) is 6.37. The lowest BCUT2D eigenvalue weighted by Gasteiger charge is -2.31. The molecule has 2 aromatic rings. The molecule has 0 spiro atoms. The van der Waals surface area contributed by atoms with E-state index in [9.17, 15) is 8.42 Å². The Kier molecular flexibility index (Phi) is 5.24. The number of ether oxygens (including phenoxy) is 1. The third-order valence-corrected chi connectivity index (χ3v) is 7.67. The Hall–Kier alpha value is -1.03. The van der Waals surface area contributed by atoms with Gasteiger partial charge < -0.3 is 4.74 Å². The van der Waals surface area contributed by atoms with Crippen LogP contribution < -0.4 is 4.74 Å². The summed E-state index contributed by atoms with van der Waals surface area (Å²) in [6.45, 7) is 4.54. The predicted octanol–water partition coefficient (Wildman–Crippen LogP) is 3.15. The molecular formula is C15H18BrN3O3S2. The summed E-state index contributed by atoms with van der Waals surface area (Å²) in [6.07, 6.45) is 1.37. The van der Waals surface area contributed by atoms with Gasteiger partial charge in [0.25, 0.3) is 10.0 Å². The number of aromatic nitrogens is 2. The molecule has 130 valence electrons. The minimum atomic E-state index is -3.47. The van der Waals surface area contributed by atoms with Crippen molar-refractivity contribution in [1.29, 1.82) is 0 Å². The number of hydrogen-bond acceptors (Lipinski definition) is 6. The van der Waals surface area contributed by atoms with Gasteiger partial charge in [-0.2, -0.15) is 9.29 Å². The van der Waals surface area contributed by atoms with Gasteiger partial charge in [0.05, 0.1) is 10.3 Å². The molecule has 0 amide bonds. The van der Waals surface area contributed by atoms with E-state index in [2.05, 4.69) is 25.9 Å². The Labute approximate surface area is 154 Å². The van der Waals surface area contributed by atoms with Gasteiger partial charge in [0.15, 0.2) is 0 Å². The first-order valence-electron chi connectivity index (χ1n) is 7.59. The fourth-order valence-electron chi connectivity index (χ4n) is 2.70. The quantitative estimate of drug-likeness (QED) is 0.742. The highest BCUT2D eigenvalue weighted by Crippen LogP contribution is 2.30. The number of hydrogen-bond donors (Lipinski definition) is 0. The third kappa shape index (κ3) is 3.96. The first-order chi connectivity index (χ1) is 11.3. The standard InChI is InChI=1S/C15H18BrN3O3S2/c1-10-8-14(18-11(2)17-10)22-12-4-3-7-19(9-12)24(20,21)15-6-5-13(16)23-15/h5-6,8,12H,3-4,7,9H2,1-2H3/t12-/m1/s1. The Balaban J connectivity index is 1.74. The van der Waals surface area contributed by atoms with Crippen LogP contribution in [0.1, 0.15) is 24.4 Å². The summed E-state index contributed by atoms with van der Waals surface area (Å²) in [5.74, 6) is 1.15. The van der Waals surface area contributed by atoms with Crippen molar-refractivity contribution >= 4 is 37.3 Å². The van der Waals surface area contributed by atoms with Crippen molar-refractivity contribution in [3.05, 3.63) is 33.5 Å². The molecule has 3 rings (SSSR count). The third-order valence-electron chi connectivity index (χ3n) is 3.71. The maximum atomic E-state index is 12.7. The summed E-state index contributed by atoms with van der Waals surface area (Å²) in [7, 11) is -3.47. The van der Waals surface area contributed by atoms with E-state index in [0.29, 0.717) is 29.0 Å². The second kappa shape index (κ2) is 7.07. The van der Waals surface area contributed by atoms with E-state index in [-0.39, 0.29) is 6.10 Å². The number of aryl methyl sites for hydroxylation is 2. The van der Waals surface area contributed by atoms with Crippen LogP contribution in [0.5, 0.6) is 5.88 Å². The van der Waals surface area contributed by atoms with Gasteiger partial charge in [-0.25, -0.2) is 13.4 Å². The summed E-state index contributed by atoms with van der Waals surface area (Å²) in [5.41, 5.74) is 0.834. The molecule has 24 heavy (non-hydrogen) atoms. The van der Waals surface area contributed by atoms with Gasteiger partial charge in [-0.15, -0.1) is 11.3 Å². The number of piperidine rings is 1. The van der Waals surface area contributed by atoms with Crippen LogP contribution in [-0.4, -0.2) is 41.9 Å². The molecule has 0 radical (unpaired) electrons.